The Morgan fingerprint density at radius 2 is 1.52 bits per heavy atom. The Kier molecular flexibility index (Phi) is 11.4. The smallest absolute Gasteiger partial charge is 0.417 e. The number of alkyl halides is 3. The van der Waals surface area contributed by atoms with E-state index in [0.29, 0.717) is 49.4 Å². The molecule has 1 unspecified atom stereocenters. The first kappa shape index (κ1) is 40.6. The Hall–Kier alpha value is -6.22. The summed E-state index contributed by atoms with van der Waals surface area (Å²) in [6, 6.07) is 12.6. The summed E-state index contributed by atoms with van der Waals surface area (Å²) >= 11 is 0. The number of rotatable bonds is 8. The number of ether oxygens (including phenoxy) is 1. The number of halogens is 3. The predicted molar refractivity (Wildman–Crippen MR) is 211 cm³/mol. The highest BCUT2D eigenvalue weighted by molar-refractivity contribution is 6.23. The SMILES string of the molecule is N#Cc1ccc(N2CCN(C(=O)Nc3ccc(OC4CCN(CC5CCN(c6ccc7c(c6)C(=O)N(C6CCC(=O)NC6=O)C7=O)CC5)CC4)cn3)CC2)cc1C(F)(F)F. The molecule has 5 aliphatic rings. The summed E-state index contributed by atoms with van der Waals surface area (Å²) in [5, 5.41) is 14.1. The van der Waals surface area contributed by atoms with Crippen LogP contribution in [0.4, 0.5) is 35.2 Å². The first-order valence-corrected chi connectivity index (χ1v) is 20.2. The summed E-state index contributed by atoms with van der Waals surface area (Å²) in [7, 11) is 0. The highest BCUT2D eigenvalue weighted by atomic mass is 19.4. The molecule has 8 rings (SSSR count). The molecule has 0 spiro atoms. The van der Waals surface area contributed by atoms with Crippen molar-refractivity contribution in [3.05, 3.63) is 77.0 Å². The number of hydrogen-bond acceptors (Lipinski definition) is 11. The molecule has 1 aromatic heterocycles. The number of likely N-dealkylation sites (tertiary alicyclic amines) is 1. The number of benzene rings is 2. The van der Waals surface area contributed by atoms with E-state index in [1.54, 1.807) is 46.3 Å². The fourth-order valence-corrected chi connectivity index (χ4v) is 8.74. The van der Waals surface area contributed by atoms with Crippen LogP contribution in [0.2, 0.25) is 0 Å². The van der Waals surface area contributed by atoms with Crippen molar-refractivity contribution in [2.24, 2.45) is 5.92 Å². The second-order valence-electron chi connectivity index (χ2n) is 15.8. The standard InChI is InChI=1S/C42H44F3N9O6/c43-42(44,45)34-22-29(2-1-27(34)23-46)52-17-19-53(20-18-52)41(59)48-36-7-4-31(24-47-36)60-30-11-13-50(14-12-30)25-26-9-15-51(16-10-26)28-3-5-32-33(21-28)40(58)54(39(32)57)35-6-8-37(55)49-38(35)56/h1-5,7,21-22,24,26,30,35H,6,8-20,25H2,(H,47,48,59)(H,49,55,56). The lowest BCUT2D eigenvalue weighted by Crippen LogP contribution is -2.54. The molecule has 18 heteroatoms. The molecule has 0 saturated carbocycles. The molecule has 5 aliphatic heterocycles. The number of piperidine rings is 3. The van der Waals surface area contributed by atoms with Gasteiger partial charge in [-0.05, 0) is 86.6 Å². The highest BCUT2D eigenvalue weighted by Crippen LogP contribution is 2.35. The molecule has 314 valence electrons. The first-order valence-electron chi connectivity index (χ1n) is 20.2. The number of nitrogens with zero attached hydrogens (tertiary/aromatic N) is 7. The summed E-state index contributed by atoms with van der Waals surface area (Å²) in [4.78, 5) is 76.8. The lowest BCUT2D eigenvalue weighted by molar-refractivity contribution is -0.138. The lowest BCUT2D eigenvalue weighted by atomic mass is 9.94. The van der Waals surface area contributed by atoms with Gasteiger partial charge in [-0.15, -0.1) is 0 Å². The zero-order valence-corrected chi connectivity index (χ0v) is 32.7. The molecule has 3 aromatic rings. The number of piperazine rings is 1. The number of carbonyl (C=O) groups is 5. The number of aromatic nitrogens is 1. The highest BCUT2D eigenvalue weighted by Gasteiger charge is 2.45. The van der Waals surface area contributed by atoms with Gasteiger partial charge in [0.25, 0.3) is 11.8 Å². The van der Waals surface area contributed by atoms with Gasteiger partial charge in [-0.2, -0.15) is 18.4 Å². The van der Waals surface area contributed by atoms with E-state index in [1.165, 1.54) is 12.1 Å². The third-order valence-corrected chi connectivity index (χ3v) is 12.1. The molecule has 6 amide bonds. The van der Waals surface area contributed by atoms with Crippen LogP contribution in [0.3, 0.4) is 0 Å². The summed E-state index contributed by atoms with van der Waals surface area (Å²) in [5.41, 5.74) is 0.376. The van der Waals surface area contributed by atoms with Crippen LogP contribution in [-0.4, -0.2) is 120 Å². The molecule has 0 bridgehead atoms. The molecule has 60 heavy (non-hydrogen) atoms. The van der Waals surface area contributed by atoms with Crippen LogP contribution in [-0.2, 0) is 15.8 Å². The van der Waals surface area contributed by atoms with E-state index in [0.717, 1.165) is 75.1 Å². The van der Waals surface area contributed by atoms with Crippen molar-refractivity contribution in [1.82, 2.24) is 25.0 Å². The minimum absolute atomic E-state index is 0.0327. The van der Waals surface area contributed by atoms with Crippen LogP contribution in [0.15, 0.2) is 54.7 Å². The van der Waals surface area contributed by atoms with Crippen molar-refractivity contribution in [3.63, 3.8) is 0 Å². The quantitative estimate of drug-likeness (QED) is 0.307. The number of hydrogen-bond donors (Lipinski definition) is 2. The number of nitrogens with one attached hydrogen (secondary N) is 2. The molecule has 4 saturated heterocycles. The van der Waals surface area contributed by atoms with Gasteiger partial charge in [0.15, 0.2) is 0 Å². The summed E-state index contributed by atoms with van der Waals surface area (Å²) in [6.45, 7) is 5.67. The normalized spacial score (nSPS) is 20.9. The van der Waals surface area contributed by atoms with Gasteiger partial charge >= 0.3 is 12.2 Å². The van der Waals surface area contributed by atoms with Crippen molar-refractivity contribution < 1.29 is 41.9 Å². The molecule has 0 aliphatic carbocycles. The van der Waals surface area contributed by atoms with Gasteiger partial charge in [0.2, 0.25) is 11.8 Å². The average Bonchev–Trinajstić information content (AvgIpc) is 3.49. The molecule has 0 radical (unpaired) electrons. The third-order valence-electron chi connectivity index (χ3n) is 12.1. The van der Waals surface area contributed by atoms with Crippen LogP contribution in [0, 0.1) is 17.2 Å². The summed E-state index contributed by atoms with van der Waals surface area (Å²) in [6.07, 6.45) is 0.861. The van der Waals surface area contributed by atoms with Gasteiger partial charge in [-0.25, -0.2) is 9.78 Å². The van der Waals surface area contributed by atoms with Crippen molar-refractivity contribution in [3.8, 4) is 11.8 Å². The molecular formula is C42H44F3N9O6. The third kappa shape index (κ3) is 8.58. The second kappa shape index (κ2) is 16.8. The van der Waals surface area contributed by atoms with E-state index < -0.39 is 47.0 Å². The molecule has 6 heterocycles. The van der Waals surface area contributed by atoms with Gasteiger partial charge < -0.3 is 24.3 Å². The van der Waals surface area contributed by atoms with E-state index in [-0.39, 0.29) is 36.1 Å². The van der Waals surface area contributed by atoms with Gasteiger partial charge in [0.1, 0.15) is 23.7 Å². The van der Waals surface area contributed by atoms with Crippen LogP contribution >= 0.6 is 0 Å². The number of amides is 6. The number of carbonyl (C=O) groups excluding carboxylic acids is 5. The second-order valence-corrected chi connectivity index (χ2v) is 15.8. The minimum atomic E-state index is -4.64. The molecule has 2 aromatic carbocycles. The molecular weight excluding hydrogens is 784 g/mol. The monoisotopic (exact) mass is 827 g/mol. The Bertz CT molecular complexity index is 2210. The van der Waals surface area contributed by atoms with Crippen LogP contribution in [0.1, 0.15) is 70.4 Å². The Labute approximate surface area is 344 Å². The molecule has 2 N–H and O–H groups in total. The molecule has 1 atom stereocenters. The Morgan fingerprint density at radius 1 is 0.833 bits per heavy atom. The van der Waals surface area contributed by atoms with E-state index in [9.17, 15) is 37.1 Å². The van der Waals surface area contributed by atoms with E-state index >= 15 is 0 Å². The topological polar surface area (TPSA) is 172 Å². The summed E-state index contributed by atoms with van der Waals surface area (Å²) < 4.78 is 46.6. The lowest BCUT2D eigenvalue weighted by Gasteiger charge is -2.38. The van der Waals surface area contributed by atoms with Crippen LogP contribution < -0.4 is 25.2 Å². The summed E-state index contributed by atoms with van der Waals surface area (Å²) in [5.74, 6) is -0.563. The van der Waals surface area contributed by atoms with Crippen molar-refractivity contribution in [2.45, 2.75) is 56.8 Å². The maximum atomic E-state index is 13.4. The fourth-order valence-electron chi connectivity index (χ4n) is 8.74. The van der Waals surface area contributed by atoms with Crippen LogP contribution in [0.25, 0.3) is 0 Å². The van der Waals surface area contributed by atoms with Crippen LogP contribution in [0.5, 0.6) is 5.75 Å². The van der Waals surface area contributed by atoms with Gasteiger partial charge in [-0.3, -0.25) is 34.7 Å². The Balaban J connectivity index is 0.745. The van der Waals surface area contributed by atoms with Crippen molar-refractivity contribution >= 4 is 46.9 Å². The molecule has 4 fully saturated rings. The maximum Gasteiger partial charge on any atom is 0.417 e. The molecule has 15 nitrogen and oxygen atoms in total. The van der Waals surface area contributed by atoms with E-state index in [1.807, 2.05) is 6.07 Å². The fraction of sp³-hybridized carbons (Fsp3) is 0.452. The van der Waals surface area contributed by atoms with E-state index in [4.69, 9.17) is 10.00 Å². The maximum absolute atomic E-state index is 13.4. The number of imide groups is 2. The average molecular weight is 828 g/mol. The minimum Gasteiger partial charge on any atom is -0.489 e. The Morgan fingerprint density at radius 3 is 2.18 bits per heavy atom. The first-order chi connectivity index (χ1) is 28.8. The number of pyridine rings is 1. The zero-order valence-electron chi connectivity index (χ0n) is 32.7. The van der Waals surface area contributed by atoms with Crippen molar-refractivity contribution in [2.75, 3.05) is 74.0 Å². The number of anilines is 3. The van der Waals surface area contributed by atoms with Gasteiger partial charge in [0.05, 0.1) is 34.5 Å². The predicted octanol–water partition coefficient (Wildman–Crippen LogP) is 4.49. The number of urea groups is 1. The number of nitriles is 1. The van der Waals surface area contributed by atoms with Crippen molar-refractivity contribution in [1.29, 1.82) is 5.26 Å². The zero-order chi connectivity index (χ0) is 42.1. The van der Waals surface area contributed by atoms with Gasteiger partial charge in [-0.1, -0.05) is 0 Å². The number of fused-ring (bicyclic) bond motifs is 1. The van der Waals surface area contributed by atoms with Gasteiger partial charge in [0, 0.05) is 76.7 Å². The largest absolute Gasteiger partial charge is 0.489 e. The van der Waals surface area contributed by atoms with E-state index in [2.05, 4.69) is 25.4 Å².